The number of rotatable bonds is 55. The van der Waals surface area contributed by atoms with Crippen LogP contribution in [0.3, 0.4) is 0 Å². The second-order valence-corrected chi connectivity index (χ2v) is 20.2. The molecule has 0 aliphatic carbocycles. The SMILES string of the molecule is CC/C=C\C/C=C\C/C=C\C/C=C\C/C=C\C/C=C\C/C=C\CCCC(=O)OCC(COC(=O)CCCCCCC/C=C\CCCCCCC)OC(=O)CCCCCCCCCCC/C=C\CCCCCCCC. The lowest BCUT2D eigenvalue weighted by atomic mass is 10.1. The molecule has 0 saturated carbocycles. The van der Waals surface area contributed by atoms with Gasteiger partial charge in [-0.25, -0.2) is 0 Å². The van der Waals surface area contributed by atoms with Gasteiger partial charge in [0.1, 0.15) is 13.2 Å². The monoisotopic (exact) mass is 1030 g/mol. The highest BCUT2D eigenvalue weighted by Gasteiger charge is 2.19. The first kappa shape index (κ1) is 70.1. The van der Waals surface area contributed by atoms with Gasteiger partial charge in [0, 0.05) is 19.3 Å². The fourth-order valence-electron chi connectivity index (χ4n) is 8.36. The second kappa shape index (κ2) is 61.6. The van der Waals surface area contributed by atoms with Crippen LogP contribution >= 0.6 is 0 Å². The van der Waals surface area contributed by atoms with Crippen LogP contribution in [0, 0.1) is 0 Å². The molecule has 0 saturated heterocycles. The number of hydrogen-bond acceptors (Lipinski definition) is 6. The minimum absolute atomic E-state index is 0.102. The maximum absolute atomic E-state index is 12.9. The van der Waals surface area contributed by atoms with Gasteiger partial charge in [0.15, 0.2) is 6.10 Å². The van der Waals surface area contributed by atoms with Gasteiger partial charge in [0.25, 0.3) is 0 Å². The van der Waals surface area contributed by atoms with Crippen molar-refractivity contribution in [1.29, 1.82) is 0 Å². The van der Waals surface area contributed by atoms with E-state index in [2.05, 4.69) is 130 Å². The molecule has 0 aromatic rings. The van der Waals surface area contributed by atoms with E-state index in [0.29, 0.717) is 19.3 Å². The number of unbranched alkanes of at least 4 members (excludes halogenated alkanes) is 26. The molecule has 0 bridgehead atoms. The number of allylic oxidation sites excluding steroid dienone is 18. The molecule has 0 heterocycles. The van der Waals surface area contributed by atoms with Crippen molar-refractivity contribution in [3.05, 3.63) is 109 Å². The zero-order chi connectivity index (χ0) is 53.6. The smallest absolute Gasteiger partial charge is 0.306 e. The van der Waals surface area contributed by atoms with Gasteiger partial charge >= 0.3 is 17.9 Å². The summed E-state index contributed by atoms with van der Waals surface area (Å²) in [6.45, 7) is 6.47. The number of esters is 3. The summed E-state index contributed by atoms with van der Waals surface area (Å²) < 4.78 is 16.8. The fraction of sp³-hybridized carbons (Fsp3) is 0.691. The van der Waals surface area contributed by atoms with Crippen LogP contribution in [0.5, 0.6) is 0 Å². The molecule has 0 rings (SSSR count). The average Bonchev–Trinajstić information content (AvgIpc) is 3.40. The van der Waals surface area contributed by atoms with Gasteiger partial charge in [-0.05, 0) is 122 Å². The van der Waals surface area contributed by atoms with E-state index in [9.17, 15) is 14.4 Å². The molecule has 1 atom stereocenters. The Bertz CT molecular complexity index is 1510. The summed E-state index contributed by atoms with van der Waals surface area (Å²) in [5.74, 6) is -0.969. The molecule has 0 aromatic carbocycles. The summed E-state index contributed by atoms with van der Waals surface area (Å²) in [5, 5.41) is 0. The average molecular weight is 1030 g/mol. The Labute approximate surface area is 457 Å². The Kier molecular flexibility index (Phi) is 58.3. The van der Waals surface area contributed by atoms with Gasteiger partial charge in [-0.15, -0.1) is 0 Å². The largest absolute Gasteiger partial charge is 0.462 e. The van der Waals surface area contributed by atoms with Gasteiger partial charge in [-0.3, -0.25) is 14.4 Å². The summed E-state index contributed by atoms with van der Waals surface area (Å²) in [6.07, 6.45) is 83.7. The minimum atomic E-state index is -0.808. The van der Waals surface area contributed by atoms with Crippen LogP contribution < -0.4 is 0 Å². The van der Waals surface area contributed by atoms with Crippen molar-refractivity contribution in [3.63, 3.8) is 0 Å². The molecule has 422 valence electrons. The Hall–Kier alpha value is -3.93. The third-order valence-corrected chi connectivity index (χ3v) is 13.0. The topological polar surface area (TPSA) is 78.9 Å². The van der Waals surface area contributed by atoms with Crippen molar-refractivity contribution in [2.45, 2.75) is 290 Å². The summed E-state index contributed by atoms with van der Waals surface area (Å²) in [6, 6.07) is 0. The third kappa shape index (κ3) is 59.0. The van der Waals surface area contributed by atoms with Gasteiger partial charge < -0.3 is 14.2 Å². The second-order valence-electron chi connectivity index (χ2n) is 20.2. The first-order valence-electron chi connectivity index (χ1n) is 30.9. The first-order chi connectivity index (χ1) is 36.5. The number of carbonyl (C=O) groups is 3. The molecule has 0 aliphatic rings. The Balaban J connectivity index is 4.48. The van der Waals surface area contributed by atoms with E-state index in [-0.39, 0.29) is 37.5 Å². The summed E-state index contributed by atoms with van der Waals surface area (Å²) in [5.41, 5.74) is 0. The van der Waals surface area contributed by atoms with E-state index in [1.54, 1.807) is 0 Å². The highest BCUT2D eigenvalue weighted by Crippen LogP contribution is 2.15. The van der Waals surface area contributed by atoms with Crippen LogP contribution in [0.15, 0.2) is 109 Å². The van der Waals surface area contributed by atoms with E-state index in [0.717, 1.165) is 103 Å². The van der Waals surface area contributed by atoms with Crippen molar-refractivity contribution >= 4 is 17.9 Å². The molecule has 0 aromatic heterocycles. The maximum Gasteiger partial charge on any atom is 0.306 e. The van der Waals surface area contributed by atoms with Crippen LogP contribution in [0.25, 0.3) is 0 Å². The van der Waals surface area contributed by atoms with Crippen molar-refractivity contribution in [2.75, 3.05) is 13.2 Å². The molecule has 0 N–H and O–H groups in total. The van der Waals surface area contributed by atoms with Gasteiger partial charge in [0.05, 0.1) is 0 Å². The highest BCUT2D eigenvalue weighted by molar-refractivity contribution is 5.71. The van der Waals surface area contributed by atoms with Crippen LogP contribution in [-0.4, -0.2) is 37.2 Å². The lowest BCUT2D eigenvalue weighted by Crippen LogP contribution is -2.30. The normalized spacial score (nSPS) is 12.9. The zero-order valence-corrected chi connectivity index (χ0v) is 48.3. The maximum atomic E-state index is 12.9. The zero-order valence-electron chi connectivity index (χ0n) is 48.3. The van der Waals surface area contributed by atoms with E-state index < -0.39 is 6.10 Å². The van der Waals surface area contributed by atoms with Crippen molar-refractivity contribution in [1.82, 2.24) is 0 Å². The fourth-order valence-corrected chi connectivity index (χ4v) is 8.36. The Morgan fingerprint density at radius 2 is 0.541 bits per heavy atom. The minimum Gasteiger partial charge on any atom is -0.462 e. The molecular formula is C68H114O6. The van der Waals surface area contributed by atoms with Crippen LogP contribution in [0.1, 0.15) is 284 Å². The lowest BCUT2D eigenvalue weighted by molar-refractivity contribution is -0.167. The van der Waals surface area contributed by atoms with Crippen molar-refractivity contribution < 1.29 is 28.6 Å². The molecule has 74 heavy (non-hydrogen) atoms. The molecule has 0 amide bonds. The molecule has 0 aliphatic heterocycles. The molecule has 6 heteroatoms. The standard InChI is InChI=1S/C68H114O6/c1-4-7-10-13-16-19-22-25-28-30-32-33-34-35-37-38-40-43-46-49-52-55-58-61-67(70)73-64-65(63-72-66(69)60-57-54-51-48-45-42-27-24-21-18-15-12-9-6-3)74-68(71)62-59-56-53-50-47-44-41-39-36-31-29-26-23-20-17-14-11-8-5-2/h7,10,16,19,24-29,32-33,35,37,40,43,49,52,65H,4-6,8-9,11-15,17-18,20-23,30-31,34,36,38-39,41-42,44-48,50-51,53-64H2,1-3H3/b10-7-,19-16-,27-24-,28-25-,29-26-,33-32-,37-35-,43-40-,52-49-. The molecule has 0 spiro atoms. The van der Waals surface area contributed by atoms with Crippen LogP contribution in [-0.2, 0) is 28.6 Å². The Morgan fingerprint density at radius 3 is 0.892 bits per heavy atom. The molecular weight excluding hydrogens is 913 g/mol. The van der Waals surface area contributed by atoms with E-state index in [1.165, 1.54) is 135 Å². The molecule has 0 fully saturated rings. The lowest BCUT2D eigenvalue weighted by Gasteiger charge is -2.18. The quantitative estimate of drug-likeness (QED) is 0.0261. The van der Waals surface area contributed by atoms with Crippen LogP contribution in [0.4, 0.5) is 0 Å². The van der Waals surface area contributed by atoms with Gasteiger partial charge in [-0.2, -0.15) is 0 Å². The van der Waals surface area contributed by atoms with Crippen molar-refractivity contribution in [2.24, 2.45) is 0 Å². The van der Waals surface area contributed by atoms with Crippen molar-refractivity contribution in [3.8, 4) is 0 Å². The summed E-state index contributed by atoms with van der Waals surface area (Å²) >= 11 is 0. The predicted molar refractivity (Wildman–Crippen MR) is 320 cm³/mol. The predicted octanol–water partition coefficient (Wildman–Crippen LogP) is 21.0. The first-order valence-corrected chi connectivity index (χ1v) is 30.9. The molecule has 0 radical (unpaired) electrons. The molecule has 1 unspecified atom stereocenters. The summed E-state index contributed by atoms with van der Waals surface area (Å²) in [4.78, 5) is 38.2. The molecule has 6 nitrogen and oxygen atoms in total. The third-order valence-electron chi connectivity index (χ3n) is 13.0. The van der Waals surface area contributed by atoms with E-state index in [4.69, 9.17) is 14.2 Å². The van der Waals surface area contributed by atoms with Crippen LogP contribution in [0.2, 0.25) is 0 Å². The Morgan fingerprint density at radius 1 is 0.284 bits per heavy atom. The van der Waals surface area contributed by atoms with Gasteiger partial charge in [-0.1, -0.05) is 252 Å². The van der Waals surface area contributed by atoms with E-state index >= 15 is 0 Å². The van der Waals surface area contributed by atoms with Gasteiger partial charge in [0.2, 0.25) is 0 Å². The highest BCUT2D eigenvalue weighted by atomic mass is 16.6. The summed E-state index contributed by atoms with van der Waals surface area (Å²) in [7, 11) is 0. The van der Waals surface area contributed by atoms with E-state index in [1.807, 2.05) is 0 Å². The number of hydrogen-bond donors (Lipinski definition) is 0. The number of ether oxygens (including phenoxy) is 3. The number of carbonyl (C=O) groups excluding carboxylic acids is 3.